The molecular formula is C10H22N4. The second kappa shape index (κ2) is 5.66. The van der Waals surface area contributed by atoms with Crippen LogP contribution in [0.3, 0.4) is 0 Å². The topological polar surface area (TPSA) is 30.5 Å². The quantitative estimate of drug-likeness (QED) is 0.512. The van der Waals surface area contributed by atoms with Gasteiger partial charge < -0.3 is 10.6 Å². The molecule has 0 aromatic heterocycles. The van der Waals surface area contributed by atoms with Crippen molar-refractivity contribution in [3.05, 3.63) is 0 Å². The van der Waals surface area contributed by atoms with Crippen LogP contribution in [0.1, 0.15) is 0 Å². The number of nitrogens with zero attached hydrogens (tertiary/aromatic N) is 2. The molecule has 0 saturated carbocycles. The number of nitrogens with one attached hydrogen (secondary N) is 2. The van der Waals surface area contributed by atoms with Crippen LogP contribution in [0.4, 0.5) is 0 Å². The van der Waals surface area contributed by atoms with Crippen molar-refractivity contribution in [2.75, 3.05) is 65.4 Å². The zero-order valence-corrected chi connectivity index (χ0v) is 8.97. The highest BCUT2D eigenvalue weighted by molar-refractivity contribution is 4.73. The Balaban J connectivity index is 1.78. The van der Waals surface area contributed by atoms with E-state index in [1.165, 1.54) is 39.3 Å². The van der Waals surface area contributed by atoms with Gasteiger partial charge in [0, 0.05) is 65.4 Å². The maximum absolute atomic E-state index is 3.47. The molecule has 3 saturated heterocycles. The summed E-state index contributed by atoms with van der Waals surface area (Å²) in [6, 6.07) is 0. The Morgan fingerprint density at radius 2 is 0.929 bits per heavy atom. The summed E-state index contributed by atoms with van der Waals surface area (Å²) in [6.45, 7) is 11.9. The average Bonchev–Trinajstić information content (AvgIpc) is 2.20. The van der Waals surface area contributed by atoms with Gasteiger partial charge in [0.2, 0.25) is 0 Å². The van der Waals surface area contributed by atoms with E-state index in [2.05, 4.69) is 20.4 Å². The molecule has 3 rings (SSSR count). The summed E-state index contributed by atoms with van der Waals surface area (Å²) in [5, 5.41) is 6.93. The van der Waals surface area contributed by atoms with Crippen LogP contribution in [0.15, 0.2) is 0 Å². The third-order valence-corrected chi connectivity index (χ3v) is 3.15. The van der Waals surface area contributed by atoms with Crippen LogP contribution in [0.2, 0.25) is 0 Å². The number of fused-ring (bicyclic) bond motifs is 9. The minimum absolute atomic E-state index is 1.10. The minimum atomic E-state index is 1.10. The lowest BCUT2D eigenvalue weighted by Gasteiger charge is -2.35. The average molecular weight is 198 g/mol. The van der Waals surface area contributed by atoms with E-state index in [0.29, 0.717) is 0 Å². The van der Waals surface area contributed by atoms with Gasteiger partial charge in [-0.05, 0) is 0 Å². The lowest BCUT2D eigenvalue weighted by atomic mass is 10.3. The number of rotatable bonds is 0. The van der Waals surface area contributed by atoms with Crippen molar-refractivity contribution in [1.29, 1.82) is 0 Å². The van der Waals surface area contributed by atoms with Gasteiger partial charge in [0.1, 0.15) is 0 Å². The summed E-state index contributed by atoms with van der Waals surface area (Å²) >= 11 is 0. The van der Waals surface area contributed by atoms with Crippen molar-refractivity contribution in [1.82, 2.24) is 20.4 Å². The van der Waals surface area contributed by atoms with E-state index in [1.807, 2.05) is 0 Å². The Morgan fingerprint density at radius 1 is 0.500 bits per heavy atom. The van der Waals surface area contributed by atoms with E-state index in [0.717, 1.165) is 26.2 Å². The van der Waals surface area contributed by atoms with Crippen LogP contribution >= 0.6 is 0 Å². The van der Waals surface area contributed by atoms with Crippen molar-refractivity contribution in [2.45, 2.75) is 0 Å². The van der Waals surface area contributed by atoms with Gasteiger partial charge in [-0.3, -0.25) is 9.80 Å². The van der Waals surface area contributed by atoms with Gasteiger partial charge in [-0.15, -0.1) is 0 Å². The molecule has 82 valence electrons. The highest BCUT2D eigenvalue weighted by Gasteiger charge is 2.15. The van der Waals surface area contributed by atoms with E-state index < -0.39 is 0 Å². The van der Waals surface area contributed by atoms with Gasteiger partial charge in [-0.1, -0.05) is 0 Å². The summed E-state index contributed by atoms with van der Waals surface area (Å²) in [6.07, 6.45) is 0. The van der Waals surface area contributed by atoms with Gasteiger partial charge >= 0.3 is 0 Å². The predicted octanol–water partition coefficient (Wildman–Crippen LogP) is -1.20. The Labute approximate surface area is 86.6 Å². The van der Waals surface area contributed by atoms with Crippen molar-refractivity contribution in [3.63, 3.8) is 0 Å². The molecule has 0 amide bonds. The van der Waals surface area contributed by atoms with Gasteiger partial charge in [0.05, 0.1) is 0 Å². The first-order chi connectivity index (χ1) is 6.95. The Hall–Kier alpha value is -0.160. The fourth-order valence-electron chi connectivity index (χ4n) is 2.14. The molecule has 0 spiro atoms. The third-order valence-electron chi connectivity index (χ3n) is 3.15. The predicted molar refractivity (Wildman–Crippen MR) is 58.6 cm³/mol. The summed E-state index contributed by atoms with van der Waals surface area (Å²) in [4.78, 5) is 5.14. The first-order valence-electron chi connectivity index (χ1n) is 5.81. The number of piperazine rings is 1. The van der Waals surface area contributed by atoms with Crippen LogP contribution in [0.25, 0.3) is 0 Å². The van der Waals surface area contributed by atoms with Gasteiger partial charge in [0.25, 0.3) is 0 Å². The van der Waals surface area contributed by atoms with Crippen molar-refractivity contribution in [2.24, 2.45) is 0 Å². The maximum atomic E-state index is 3.47. The third kappa shape index (κ3) is 3.20. The van der Waals surface area contributed by atoms with E-state index in [4.69, 9.17) is 0 Å². The van der Waals surface area contributed by atoms with Gasteiger partial charge in [-0.25, -0.2) is 0 Å². The molecule has 0 radical (unpaired) electrons. The zero-order valence-electron chi connectivity index (χ0n) is 8.97. The molecule has 3 heterocycles. The lowest BCUT2D eigenvalue weighted by Crippen LogP contribution is -2.50. The molecule has 2 bridgehead atoms. The Bertz CT molecular complexity index is 131. The molecule has 3 fully saturated rings. The summed E-state index contributed by atoms with van der Waals surface area (Å²) in [5.74, 6) is 0. The minimum Gasteiger partial charge on any atom is -0.314 e. The summed E-state index contributed by atoms with van der Waals surface area (Å²) in [5.41, 5.74) is 0. The van der Waals surface area contributed by atoms with Crippen LogP contribution in [-0.2, 0) is 0 Å². The fourth-order valence-corrected chi connectivity index (χ4v) is 2.14. The SMILES string of the molecule is C1CNCCN2CCN(CCN1)CC2. The second-order valence-corrected chi connectivity index (χ2v) is 4.18. The Morgan fingerprint density at radius 3 is 1.36 bits per heavy atom. The molecule has 4 nitrogen and oxygen atoms in total. The second-order valence-electron chi connectivity index (χ2n) is 4.18. The van der Waals surface area contributed by atoms with Crippen molar-refractivity contribution < 1.29 is 0 Å². The Kier molecular flexibility index (Phi) is 4.19. The summed E-state index contributed by atoms with van der Waals surface area (Å²) < 4.78 is 0. The molecule has 3 aliphatic rings. The smallest absolute Gasteiger partial charge is 0.0110 e. The molecule has 0 aromatic carbocycles. The number of hydrogen-bond acceptors (Lipinski definition) is 4. The number of hydrogen-bond donors (Lipinski definition) is 2. The zero-order chi connectivity index (χ0) is 9.64. The highest BCUT2D eigenvalue weighted by atomic mass is 15.3. The van der Waals surface area contributed by atoms with Crippen LogP contribution in [-0.4, -0.2) is 75.2 Å². The normalized spacial score (nSPS) is 36.0. The first kappa shape index (κ1) is 10.4. The van der Waals surface area contributed by atoms with Crippen molar-refractivity contribution >= 4 is 0 Å². The molecule has 14 heavy (non-hydrogen) atoms. The monoisotopic (exact) mass is 198 g/mol. The van der Waals surface area contributed by atoms with Crippen molar-refractivity contribution in [3.8, 4) is 0 Å². The van der Waals surface area contributed by atoms with Gasteiger partial charge in [-0.2, -0.15) is 0 Å². The van der Waals surface area contributed by atoms with E-state index >= 15 is 0 Å². The lowest BCUT2D eigenvalue weighted by molar-refractivity contribution is 0.132. The van der Waals surface area contributed by atoms with Crippen LogP contribution in [0, 0.1) is 0 Å². The standard InChI is InChI=1S/C10H22N4/c1-2-12-4-6-14-9-7-13(8-10-14)5-3-11-1/h11-12H,1-10H2. The molecule has 4 heteroatoms. The first-order valence-corrected chi connectivity index (χ1v) is 5.81. The highest BCUT2D eigenvalue weighted by Crippen LogP contribution is 2.00. The molecule has 2 N–H and O–H groups in total. The van der Waals surface area contributed by atoms with E-state index in [1.54, 1.807) is 0 Å². The largest absolute Gasteiger partial charge is 0.314 e. The summed E-state index contributed by atoms with van der Waals surface area (Å²) in [7, 11) is 0. The molecule has 0 unspecified atom stereocenters. The van der Waals surface area contributed by atoms with E-state index in [9.17, 15) is 0 Å². The molecule has 0 aromatic rings. The molecular weight excluding hydrogens is 176 g/mol. The van der Waals surface area contributed by atoms with E-state index in [-0.39, 0.29) is 0 Å². The van der Waals surface area contributed by atoms with Crippen LogP contribution in [0.5, 0.6) is 0 Å². The fraction of sp³-hybridized carbons (Fsp3) is 1.00. The molecule has 0 atom stereocenters. The maximum Gasteiger partial charge on any atom is 0.0110 e. The van der Waals surface area contributed by atoms with Gasteiger partial charge in [0.15, 0.2) is 0 Å². The molecule has 0 aliphatic carbocycles. The van der Waals surface area contributed by atoms with Crippen LogP contribution < -0.4 is 10.6 Å². The molecule has 3 aliphatic heterocycles.